The molecule has 1 aromatic heterocycles. The van der Waals surface area contributed by atoms with Crippen LogP contribution in [0.2, 0.25) is 0 Å². The number of piperidine rings is 1. The normalized spacial score (nSPS) is 22.0. The fourth-order valence-corrected chi connectivity index (χ4v) is 3.31. The molecule has 1 aromatic rings. The summed E-state index contributed by atoms with van der Waals surface area (Å²) in [6.45, 7) is 7.82. The third kappa shape index (κ3) is 5.12. The highest BCUT2D eigenvalue weighted by Crippen LogP contribution is 2.29. The summed E-state index contributed by atoms with van der Waals surface area (Å²) in [6.07, 6.45) is 8.14. The first-order chi connectivity index (χ1) is 10.5. The summed E-state index contributed by atoms with van der Waals surface area (Å²) in [6, 6.07) is 4.56. The van der Waals surface area contributed by atoms with E-state index in [9.17, 15) is 5.11 Å². The van der Waals surface area contributed by atoms with Crippen LogP contribution in [0.5, 0.6) is 0 Å². The van der Waals surface area contributed by atoms with E-state index in [1.54, 1.807) is 0 Å². The van der Waals surface area contributed by atoms with Gasteiger partial charge >= 0.3 is 0 Å². The van der Waals surface area contributed by atoms with Gasteiger partial charge in [-0.15, -0.1) is 0 Å². The van der Waals surface area contributed by atoms with Gasteiger partial charge in [-0.2, -0.15) is 0 Å². The Bertz CT molecular complexity index is 513. The molecule has 2 atom stereocenters. The summed E-state index contributed by atoms with van der Waals surface area (Å²) < 4.78 is 0. The molecule has 120 valence electrons. The van der Waals surface area contributed by atoms with Crippen LogP contribution < -0.4 is 0 Å². The van der Waals surface area contributed by atoms with Gasteiger partial charge < -0.3 is 5.11 Å². The zero-order valence-corrected chi connectivity index (χ0v) is 14.0. The van der Waals surface area contributed by atoms with E-state index in [1.807, 2.05) is 25.4 Å². The summed E-state index contributed by atoms with van der Waals surface area (Å²) in [7, 11) is 0. The van der Waals surface area contributed by atoms with Crippen molar-refractivity contribution in [3.8, 4) is 11.8 Å². The first-order valence-corrected chi connectivity index (χ1v) is 8.34. The quantitative estimate of drug-likeness (QED) is 0.866. The highest BCUT2D eigenvalue weighted by Gasteiger charge is 2.23. The van der Waals surface area contributed by atoms with E-state index in [0.29, 0.717) is 24.9 Å². The average molecular weight is 300 g/mol. The molecule has 3 heteroatoms. The van der Waals surface area contributed by atoms with Crippen LogP contribution in [0.1, 0.15) is 58.1 Å². The second-order valence-corrected chi connectivity index (χ2v) is 6.94. The minimum atomic E-state index is -0.881. The van der Waals surface area contributed by atoms with Crippen LogP contribution in [0.4, 0.5) is 0 Å². The monoisotopic (exact) mass is 300 g/mol. The van der Waals surface area contributed by atoms with E-state index in [4.69, 9.17) is 0 Å². The summed E-state index contributed by atoms with van der Waals surface area (Å²) in [5.41, 5.74) is 0.395. The van der Waals surface area contributed by atoms with Gasteiger partial charge in [-0.25, -0.2) is 0 Å². The molecule has 0 radical (unpaired) electrons. The van der Waals surface area contributed by atoms with E-state index in [1.165, 1.54) is 18.4 Å². The molecular formula is C19H28N2O. The summed E-state index contributed by atoms with van der Waals surface area (Å²) in [4.78, 5) is 6.66. The SMILES string of the molecule is CC(C)C[C@](C)(O)C#CCN1CCCC[C@@H]1c1cccnc1. The topological polar surface area (TPSA) is 36.4 Å². The maximum atomic E-state index is 10.3. The van der Waals surface area contributed by atoms with Crippen molar-refractivity contribution in [2.45, 2.75) is 58.1 Å². The first kappa shape index (κ1) is 17.0. The van der Waals surface area contributed by atoms with Crippen LogP contribution in [0, 0.1) is 17.8 Å². The fourth-order valence-electron chi connectivity index (χ4n) is 3.31. The minimum Gasteiger partial charge on any atom is -0.378 e. The van der Waals surface area contributed by atoms with Gasteiger partial charge in [0.1, 0.15) is 5.60 Å². The molecule has 0 amide bonds. The zero-order chi connectivity index (χ0) is 16.0. The fraction of sp³-hybridized carbons (Fsp3) is 0.632. The maximum absolute atomic E-state index is 10.3. The van der Waals surface area contributed by atoms with E-state index >= 15 is 0 Å². The predicted molar refractivity (Wildman–Crippen MR) is 90.3 cm³/mol. The van der Waals surface area contributed by atoms with Crippen molar-refractivity contribution < 1.29 is 5.11 Å². The van der Waals surface area contributed by atoms with Gasteiger partial charge in [-0.05, 0) is 50.3 Å². The van der Waals surface area contributed by atoms with E-state index in [-0.39, 0.29) is 0 Å². The lowest BCUT2D eigenvalue weighted by Gasteiger charge is -2.34. The van der Waals surface area contributed by atoms with Crippen LogP contribution >= 0.6 is 0 Å². The lowest BCUT2D eigenvalue weighted by molar-refractivity contribution is 0.0971. The predicted octanol–water partition coefficient (Wildman–Crippen LogP) is 3.41. The Kier molecular flexibility index (Phi) is 5.99. The Morgan fingerprint density at radius 2 is 2.27 bits per heavy atom. The number of rotatable bonds is 4. The van der Waals surface area contributed by atoms with Crippen molar-refractivity contribution in [2.75, 3.05) is 13.1 Å². The van der Waals surface area contributed by atoms with E-state index in [2.05, 4.69) is 41.6 Å². The van der Waals surface area contributed by atoms with Gasteiger partial charge in [-0.1, -0.05) is 38.2 Å². The van der Waals surface area contributed by atoms with Crippen molar-refractivity contribution in [3.63, 3.8) is 0 Å². The molecule has 1 aliphatic heterocycles. The highest BCUT2D eigenvalue weighted by atomic mass is 16.3. The molecular weight excluding hydrogens is 272 g/mol. The van der Waals surface area contributed by atoms with Crippen LogP contribution in [-0.2, 0) is 0 Å². The Labute approximate surface area is 134 Å². The molecule has 0 bridgehead atoms. The molecule has 0 unspecified atom stereocenters. The molecule has 1 fully saturated rings. The second kappa shape index (κ2) is 7.76. The largest absolute Gasteiger partial charge is 0.378 e. The number of aliphatic hydroxyl groups is 1. The second-order valence-electron chi connectivity index (χ2n) is 6.94. The summed E-state index contributed by atoms with van der Waals surface area (Å²) in [5.74, 6) is 6.71. The average Bonchev–Trinajstić information content (AvgIpc) is 2.47. The third-order valence-electron chi connectivity index (χ3n) is 4.13. The number of nitrogens with zero attached hydrogens (tertiary/aromatic N) is 2. The molecule has 3 nitrogen and oxygen atoms in total. The summed E-state index contributed by atoms with van der Waals surface area (Å²) in [5, 5.41) is 10.3. The van der Waals surface area contributed by atoms with Crippen molar-refractivity contribution in [3.05, 3.63) is 30.1 Å². The number of pyridine rings is 1. The van der Waals surface area contributed by atoms with Gasteiger partial charge in [-0.3, -0.25) is 9.88 Å². The lowest BCUT2D eigenvalue weighted by atomic mass is 9.94. The molecule has 2 heterocycles. The van der Waals surface area contributed by atoms with Crippen molar-refractivity contribution >= 4 is 0 Å². The minimum absolute atomic E-state index is 0.409. The summed E-state index contributed by atoms with van der Waals surface area (Å²) >= 11 is 0. The van der Waals surface area contributed by atoms with Gasteiger partial charge in [0.15, 0.2) is 0 Å². The van der Waals surface area contributed by atoms with Crippen molar-refractivity contribution in [2.24, 2.45) is 5.92 Å². The molecule has 1 N–H and O–H groups in total. The molecule has 1 saturated heterocycles. The number of hydrogen-bond donors (Lipinski definition) is 1. The molecule has 0 aromatic carbocycles. The van der Waals surface area contributed by atoms with Crippen LogP contribution in [0.15, 0.2) is 24.5 Å². The van der Waals surface area contributed by atoms with E-state index in [0.717, 1.165) is 13.0 Å². The standard InChI is InChI=1S/C19H28N2O/c1-16(2)14-19(3,22)10-7-13-21-12-5-4-9-18(21)17-8-6-11-20-15-17/h6,8,11,15-16,18,22H,4-5,9,12-14H2,1-3H3/t18-,19-/m1/s1. The zero-order valence-electron chi connectivity index (χ0n) is 14.0. The van der Waals surface area contributed by atoms with Gasteiger partial charge in [0.25, 0.3) is 0 Å². The number of aromatic nitrogens is 1. The molecule has 0 spiro atoms. The molecule has 0 saturated carbocycles. The van der Waals surface area contributed by atoms with Gasteiger partial charge in [0, 0.05) is 18.4 Å². The van der Waals surface area contributed by atoms with E-state index < -0.39 is 5.60 Å². The Balaban J connectivity index is 2.01. The Hall–Kier alpha value is -1.37. The molecule has 2 rings (SSSR count). The first-order valence-electron chi connectivity index (χ1n) is 8.34. The molecule has 1 aliphatic rings. The maximum Gasteiger partial charge on any atom is 0.123 e. The van der Waals surface area contributed by atoms with Crippen LogP contribution in [0.25, 0.3) is 0 Å². The van der Waals surface area contributed by atoms with Crippen LogP contribution in [-0.4, -0.2) is 33.7 Å². The lowest BCUT2D eigenvalue weighted by Crippen LogP contribution is -2.34. The number of hydrogen-bond acceptors (Lipinski definition) is 3. The Morgan fingerprint density at radius 3 is 2.95 bits per heavy atom. The molecule has 22 heavy (non-hydrogen) atoms. The van der Waals surface area contributed by atoms with Gasteiger partial charge in [0.05, 0.1) is 6.54 Å². The smallest absolute Gasteiger partial charge is 0.123 e. The number of likely N-dealkylation sites (tertiary alicyclic amines) is 1. The Morgan fingerprint density at radius 1 is 1.45 bits per heavy atom. The van der Waals surface area contributed by atoms with Crippen molar-refractivity contribution in [1.29, 1.82) is 0 Å². The molecule has 0 aliphatic carbocycles. The third-order valence-corrected chi connectivity index (χ3v) is 4.13. The highest BCUT2D eigenvalue weighted by molar-refractivity contribution is 5.17. The van der Waals surface area contributed by atoms with Crippen LogP contribution in [0.3, 0.4) is 0 Å². The van der Waals surface area contributed by atoms with Gasteiger partial charge in [0.2, 0.25) is 0 Å². The van der Waals surface area contributed by atoms with Crippen molar-refractivity contribution in [1.82, 2.24) is 9.88 Å².